The van der Waals surface area contributed by atoms with Crippen LogP contribution in [-0.4, -0.2) is 95.0 Å². The van der Waals surface area contributed by atoms with Crippen LogP contribution in [0.4, 0.5) is 5.82 Å². The summed E-state index contributed by atoms with van der Waals surface area (Å²) in [5.41, 5.74) is 2.79. The summed E-state index contributed by atoms with van der Waals surface area (Å²) in [7, 11) is 4.27. The molecule has 55 heavy (non-hydrogen) atoms. The van der Waals surface area contributed by atoms with Gasteiger partial charge in [-0.2, -0.15) is 10.5 Å². The molecule has 0 spiro atoms. The summed E-state index contributed by atoms with van der Waals surface area (Å²) in [6.07, 6.45) is 0. The molecule has 2 fully saturated rings. The molecule has 8 aromatic rings. The van der Waals surface area contributed by atoms with Gasteiger partial charge in [0, 0.05) is 52.4 Å². The number of aromatic nitrogens is 4. The molecule has 2 aliphatic rings. The lowest BCUT2D eigenvalue weighted by Gasteiger charge is -2.33. The summed E-state index contributed by atoms with van der Waals surface area (Å²) in [6, 6.07) is 26.7. The fraction of sp³-hybridized carbons (Fsp3) is 0.250. The van der Waals surface area contributed by atoms with Crippen molar-refractivity contribution in [1.82, 2.24) is 33.9 Å². The maximum Gasteiger partial charge on any atom is 0.210 e. The van der Waals surface area contributed by atoms with E-state index in [-0.39, 0.29) is 22.0 Å². The van der Waals surface area contributed by atoms with E-state index in [0.29, 0.717) is 36.9 Å². The largest absolute Gasteiger partial charge is 0.354 e. The molecular weight excluding hydrogens is 752 g/mol. The number of hydrogen-bond acceptors (Lipinski definition) is 12. The van der Waals surface area contributed by atoms with Crippen molar-refractivity contribution in [2.75, 3.05) is 71.4 Å². The first-order valence-corrected chi connectivity index (χ1v) is 19.8. The Morgan fingerprint density at radius 3 is 1.65 bits per heavy atom. The Balaban J connectivity index is 0.000000135. The fourth-order valence-electron chi connectivity index (χ4n) is 6.93. The van der Waals surface area contributed by atoms with Crippen molar-refractivity contribution in [2.24, 2.45) is 0 Å². The first-order valence-electron chi connectivity index (χ1n) is 17.8. The molecule has 6 aromatic heterocycles. The summed E-state index contributed by atoms with van der Waals surface area (Å²) < 4.78 is 5.83. The van der Waals surface area contributed by atoms with E-state index in [1.807, 2.05) is 75.5 Å². The number of piperazine rings is 2. The lowest BCUT2D eigenvalue weighted by molar-refractivity contribution is 0.291. The molecule has 12 nitrogen and oxygen atoms in total. The SMILES string of the molecule is CN1CCN(c2ccc3c(=O)c(C#N)c4sc5ccccc5n4c3n2)CC1.CN1CCNCC1.N#Cc1c(=O)c2ccc(Cl)nc2n2c1sc1ccccc12. The normalized spacial score (nSPS) is 15.2. The lowest BCUT2D eigenvalue weighted by atomic mass is 10.2. The van der Waals surface area contributed by atoms with Crippen LogP contribution in [0.1, 0.15) is 11.1 Å². The molecule has 0 aliphatic carbocycles. The van der Waals surface area contributed by atoms with Gasteiger partial charge in [0.05, 0.1) is 31.2 Å². The molecule has 2 aliphatic heterocycles. The predicted octanol–water partition coefficient (Wildman–Crippen LogP) is 5.79. The zero-order valence-electron chi connectivity index (χ0n) is 30.1. The number of rotatable bonds is 1. The number of nitrogens with one attached hydrogen (secondary N) is 1. The number of thiazole rings is 2. The second-order valence-corrected chi connectivity index (χ2v) is 15.9. The van der Waals surface area contributed by atoms with Crippen molar-refractivity contribution in [3.63, 3.8) is 0 Å². The molecule has 0 unspecified atom stereocenters. The van der Waals surface area contributed by atoms with E-state index in [1.54, 1.807) is 12.1 Å². The zero-order chi connectivity index (χ0) is 38.2. The van der Waals surface area contributed by atoms with Gasteiger partial charge >= 0.3 is 0 Å². The molecule has 0 atom stereocenters. The molecule has 1 N–H and O–H groups in total. The molecule has 0 bridgehead atoms. The van der Waals surface area contributed by atoms with Gasteiger partial charge in [0.15, 0.2) is 11.3 Å². The molecule has 2 saturated heterocycles. The topological polar surface area (TPSA) is 138 Å². The molecule has 2 aromatic carbocycles. The van der Waals surface area contributed by atoms with Gasteiger partial charge in [0.25, 0.3) is 0 Å². The number of halogens is 1. The third kappa shape index (κ3) is 6.78. The predicted molar refractivity (Wildman–Crippen MR) is 223 cm³/mol. The van der Waals surface area contributed by atoms with E-state index < -0.39 is 0 Å². The fourth-order valence-corrected chi connectivity index (χ4v) is 9.34. The minimum atomic E-state index is -0.303. The van der Waals surface area contributed by atoms with Crippen molar-refractivity contribution in [3.05, 3.63) is 110 Å². The van der Waals surface area contributed by atoms with Crippen molar-refractivity contribution < 1.29 is 0 Å². The van der Waals surface area contributed by atoms with Crippen LogP contribution in [0, 0.1) is 22.7 Å². The highest BCUT2D eigenvalue weighted by atomic mass is 35.5. The Bertz CT molecular complexity index is 2960. The van der Waals surface area contributed by atoms with E-state index in [0.717, 1.165) is 65.5 Å². The second-order valence-electron chi connectivity index (χ2n) is 13.4. The summed E-state index contributed by atoms with van der Waals surface area (Å²) in [5.74, 6) is 0.879. The molecule has 15 heteroatoms. The highest BCUT2D eigenvalue weighted by Crippen LogP contribution is 2.32. The van der Waals surface area contributed by atoms with Crippen molar-refractivity contribution in [1.29, 1.82) is 10.5 Å². The third-order valence-electron chi connectivity index (χ3n) is 9.92. The number of anilines is 1. The maximum atomic E-state index is 12.9. The number of fused-ring (bicyclic) bond motifs is 10. The summed E-state index contributed by atoms with van der Waals surface area (Å²) in [6.45, 7) is 8.54. The van der Waals surface area contributed by atoms with E-state index in [9.17, 15) is 20.1 Å². The van der Waals surface area contributed by atoms with Gasteiger partial charge < -0.3 is 20.0 Å². The van der Waals surface area contributed by atoms with Gasteiger partial charge in [0.1, 0.15) is 43.9 Å². The third-order valence-corrected chi connectivity index (χ3v) is 12.4. The highest BCUT2D eigenvalue weighted by Gasteiger charge is 2.21. The first-order chi connectivity index (χ1) is 26.8. The number of pyridine rings is 4. The minimum Gasteiger partial charge on any atom is -0.354 e. The summed E-state index contributed by atoms with van der Waals surface area (Å²) in [5, 5.41) is 23.4. The van der Waals surface area contributed by atoms with Gasteiger partial charge in [0.2, 0.25) is 10.9 Å². The number of benzene rings is 2. The lowest BCUT2D eigenvalue weighted by Crippen LogP contribution is -2.44. The minimum absolute atomic E-state index is 0.146. The van der Waals surface area contributed by atoms with Crippen molar-refractivity contribution >= 4 is 92.3 Å². The van der Waals surface area contributed by atoms with Crippen LogP contribution in [0.15, 0.2) is 82.4 Å². The Morgan fingerprint density at radius 1 is 0.655 bits per heavy atom. The number of likely N-dealkylation sites (N-methyl/N-ethyl adjacent to an activating group) is 2. The number of nitriles is 2. The van der Waals surface area contributed by atoms with E-state index in [2.05, 4.69) is 45.2 Å². The number of hydrogen-bond donors (Lipinski definition) is 1. The smallest absolute Gasteiger partial charge is 0.210 e. The van der Waals surface area contributed by atoms with Crippen LogP contribution in [0.25, 0.3) is 52.2 Å². The van der Waals surface area contributed by atoms with Crippen molar-refractivity contribution in [3.8, 4) is 12.1 Å². The Hall–Kier alpha value is -5.45. The Labute approximate surface area is 328 Å². The van der Waals surface area contributed by atoms with Crippen LogP contribution >= 0.6 is 34.3 Å². The standard InChI is InChI=1S/C20H17N5OS.C15H6ClN3OS.C5H12N2/c1-23-8-10-24(11-9-23)17-7-6-13-18(26)14(12-21)20-25(19(13)22-17)15-4-2-3-5-16(15)27-20;16-12-6-5-8-13(20)9(7-17)15-19(14(8)18-12)10-3-1-2-4-11(10)21-15;1-7-4-2-6-3-5-7/h2-7H,8-11H2,1H3;1-6H;6H,2-5H2,1H3. The molecule has 0 saturated carbocycles. The van der Waals surface area contributed by atoms with E-state index in [1.165, 1.54) is 35.8 Å². The van der Waals surface area contributed by atoms with Gasteiger partial charge in [-0.05, 0) is 62.6 Å². The highest BCUT2D eigenvalue weighted by molar-refractivity contribution is 7.24. The van der Waals surface area contributed by atoms with Crippen LogP contribution in [0.5, 0.6) is 0 Å². The summed E-state index contributed by atoms with van der Waals surface area (Å²) in [4.78, 5) is 42.7. The average Bonchev–Trinajstić information content (AvgIpc) is 3.79. The van der Waals surface area contributed by atoms with Crippen molar-refractivity contribution in [2.45, 2.75) is 0 Å². The molecule has 10 rings (SSSR count). The Kier molecular flexibility index (Phi) is 10.2. The first kappa shape index (κ1) is 36.5. The van der Waals surface area contributed by atoms with Gasteiger partial charge in [-0.15, -0.1) is 22.7 Å². The molecule has 8 heterocycles. The Morgan fingerprint density at radius 2 is 1.15 bits per heavy atom. The maximum absolute atomic E-state index is 12.9. The summed E-state index contributed by atoms with van der Waals surface area (Å²) >= 11 is 8.84. The van der Waals surface area contributed by atoms with Gasteiger partial charge in [-0.3, -0.25) is 18.4 Å². The number of para-hydroxylation sites is 2. The quantitative estimate of drug-likeness (QED) is 0.204. The van der Waals surface area contributed by atoms with Gasteiger partial charge in [-0.25, -0.2) is 9.97 Å². The monoisotopic (exact) mass is 786 g/mol. The number of nitrogens with zero attached hydrogens (tertiary/aromatic N) is 9. The molecule has 0 amide bonds. The molecule has 0 radical (unpaired) electrons. The van der Waals surface area contributed by atoms with E-state index >= 15 is 0 Å². The van der Waals surface area contributed by atoms with Crippen LogP contribution in [0.2, 0.25) is 5.15 Å². The molecule has 276 valence electrons. The van der Waals surface area contributed by atoms with Crippen LogP contribution in [0.3, 0.4) is 0 Å². The van der Waals surface area contributed by atoms with Crippen LogP contribution < -0.4 is 21.1 Å². The zero-order valence-corrected chi connectivity index (χ0v) is 32.5. The average molecular weight is 787 g/mol. The van der Waals surface area contributed by atoms with Crippen LogP contribution in [-0.2, 0) is 0 Å². The van der Waals surface area contributed by atoms with E-state index in [4.69, 9.17) is 16.6 Å². The van der Waals surface area contributed by atoms with Gasteiger partial charge in [-0.1, -0.05) is 35.9 Å². The second kappa shape index (κ2) is 15.4. The molecular formula is C40H35ClN10O2S2.